The highest BCUT2D eigenvalue weighted by Crippen LogP contribution is 2.21. The van der Waals surface area contributed by atoms with Crippen molar-refractivity contribution in [2.45, 2.75) is 13.0 Å². The molecule has 0 heterocycles. The predicted octanol–water partition coefficient (Wildman–Crippen LogP) is 1.27. The highest BCUT2D eigenvalue weighted by atomic mass is 16.5. The fourth-order valence-corrected chi connectivity index (χ4v) is 1.87. The molecule has 3 N–H and O–H groups in total. The quantitative estimate of drug-likeness (QED) is 0.702. The maximum absolute atomic E-state index is 9.08. The van der Waals surface area contributed by atoms with Gasteiger partial charge in [0.2, 0.25) is 0 Å². The van der Waals surface area contributed by atoms with Gasteiger partial charge in [0.1, 0.15) is 0 Å². The first-order valence-corrected chi connectivity index (χ1v) is 5.88. The maximum Gasteiger partial charge on any atom is 0.0589 e. The zero-order chi connectivity index (χ0) is 12.7. The summed E-state index contributed by atoms with van der Waals surface area (Å²) < 4.78 is 5.08. The minimum absolute atomic E-state index is 0.149. The van der Waals surface area contributed by atoms with Crippen molar-refractivity contribution in [1.82, 2.24) is 4.90 Å². The lowest BCUT2D eigenvalue weighted by molar-refractivity contribution is 0.106. The van der Waals surface area contributed by atoms with Crippen LogP contribution in [0.4, 0.5) is 5.69 Å². The van der Waals surface area contributed by atoms with Crippen LogP contribution in [-0.4, -0.2) is 43.4 Å². The molecule has 0 amide bonds. The zero-order valence-electron chi connectivity index (χ0n) is 10.6. The van der Waals surface area contributed by atoms with Gasteiger partial charge in [-0.25, -0.2) is 0 Å². The third-order valence-corrected chi connectivity index (χ3v) is 2.91. The molecule has 0 fully saturated rings. The van der Waals surface area contributed by atoms with E-state index in [1.807, 2.05) is 18.2 Å². The van der Waals surface area contributed by atoms with Gasteiger partial charge < -0.3 is 15.6 Å². The molecule has 0 spiro atoms. The molecular formula is C13H22N2O2. The van der Waals surface area contributed by atoms with Crippen LogP contribution in [0.5, 0.6) is 0 Å². The second-order valence-corrected chi connectivity index (χ2v) is 4.10. The van der Waals surface area contributed by atoms with Gasteiger partial charge in [-0.2, -0.15) is 0 Å². The first-order valence-electron chi connectivity index (χ1n) is 5.88. The largest absolute Gasteiger partial charge is 0.399 e. The summed E-state index contributed by atoms with van der Waals surface area (Å²) >= 11 is 0. The van der Waals surface area contributed by atoms with Gasteiger partial charge in [-0.15, -0.1) is 0 Å². The van der Waals surface area contributed by atoms with Crippen molar-refractivity contribution < 1.29 is 9.84 Å². The van der Waals surface area contributed by atoms with Crippen molar-refractivity contribution >= 4 is 5.69 Å². The van der Waals surface area contributed by atoms with E-state index in [1.54, 1.807) is 7.11 Å². The van der Waals surface area contributed by atoms with Gasteiger partial charge in [-0.1, -0.05) is 12.1 Å². The minimum Gasteiger partial charge on any atom is -0.399 e. The van der Waals surface area contributed by atoms with Crippen molar-refractivity contribution in [1.29, 1.82) is 0 Å². The number of hydrogen-bond acceptors (Lipinski definition) is 4. The Balaban J connectivity index is 2.72. The van der Waals surface area contributed by atoms with Gasteiger partial charge in [0.05, 0.1) is 13.2 Å². The highest BCUT2D eigenvalue weighted by Gasteiger charge is 2.14. The molecule has 1 unspecified atom stereocenters. The number of nitrogen functional groups attached to an aromatic ring is 1. The van der Waals surface area contributed by atoms with Crippen LogP contribution in [0.25, 0.3) is 0 Å². The standard InChI is InChI=1S/C13H22N2O2/c1-11(12-4-3-5-13(14)10-12)15(6-8-16)7-9-17-2/h3-5,10-11,16H,6-9,14H2,1-2H3. The van der Waals surface area contributed by atoms with E-state index in [1.165, 1.54) is 0 Å². The van der Waals surface area contributed by atoms with Crippen LogP contribution in [0.3, 0.4) is 0 Å². The predicted molar refractivity (Wildman–Crippen MR) is 69.8 cm³/mol. The van der Waals surface area contributed by atoms with E-state index in [-0.39, 0.29) is 12.6 Å². The molecule has 4 heteroatoms. The van der Waals surface area contributed by atoms with Gasteiger partial charge in [0.15, 0.2) is 0 Å². The Morgan fingerprint density at radius 3 is 2.76 bits per heavy atom. The van der Waals surface area contributed by atoms with Gasteiger partial charge in [0, 0.05) is 31.9 Å². The van der Waals surface area contributed by atoms with Crippen LogP contribution in [0.1, 0.15) is 18.5 Å². The monoisotopic (exact) mass is 238 g/mol. The van der Waals surface area contributed by atoms with Crippen molar-refractivity contribution in [3.63, 3.8) is 0 Å². The van der Waals surface area contributed by atoms with Gasteiger partial charge >= 0.3 is 0 Å². The van der Waals surface area contributed by atoms with Gasteiger partial charge in [-0.05, 0) is 24.6 Å². The van der Waals surface area contributed by atoms with Gasteiger partial charge in [0.25, 0.3) is 0 Å². The first kappa shape index (κ1) is 14.0. The summed E-state index contributed by atoms with van der Waals surface area (Å²) in [7, 11) is 1.68. The summed E-state index contributed by atoms with van der Waals surface area (Å²) in [5, 5.41) is 9.08. The summed E-state index contributed by atoms with van der Waals surface area (Å²) in [6.45, 7) is 4.36. The minimum atomic E-state index is 0.149. The SMILES string of the molecule is COCCN(CCO)C(C)c1cccc(N)c1. The molecule has 0 saturated carbocycles. The molecular weight excluding hydrogens is 216 g/mol. The summed E-state index contributed by atoms with van der Waals surface area (Å²) in [6.07, 6.45) is 0. The Hall–Kier alpha value is -1.10. The number of rotatable bonds is 7. The number of aliphatic hydroxyl groups excluding tert-OH is 1. The Morgan fingerprint density at radius 1 is 1.41 bits per heavy atom. The summed E-state index contributed by atoms with van der Waals surface area (Å²) in [6, 6.07) is 8.08. The average Bonchev–Trinajstić information content (AvgIpc) is 2.33. The van der Waals surface area contributed by atoms with Crippen LogP contribution in [-0.2, 0) is 4.74 Å². The molecule has 4 nitrogen and oxygen atoms in total. The third-order valence-electron chi connectivity index (χ3n) is 2.91. The third kappa shape index (κ3) is 4.34. The van der Waals surface area contributed by atoms with E-state index in [4.69, 9.17) is 15.6 Å². The summed E-state index contributed by atoms with van der Waals surface area (Å²) in [5.41, 5.74) is 7.71. The zero-order valence-corrected chi connectivity index (χ0v) is 10.6. The number of nitrogens with two attached hydrogens (primary N) is 1. The fraction of sp³-hybridized carbons (Fsp3) is 0.538. The van der Waals surface area contributed by atoms with Crippen molar-refractivity contribution in [2.24, 2.45) is 0 Å². The molecule has 1 atom stereocenters. The normalized spacial score (nSPS) is 12.9. The summed E-state index contributed by atoms with van der Waals surface area (Å²) in [5.74, 6) is 0. The maximum atomic E-state index is 9.08. The van der Waals surface area contributed by atoms with E-state index in [0.29, 0.717) is 13.2 Å². The molecule has 0 aliphatic carbocycles. The molecule has 0 bridgehead atoms. The average molecular weight is 238 g/mol. The van der Waals surface area contributed by atoms with Crippen LogP contribution in [0, 0.1) is 0 Å². The Labute approximate surface area is 103 Å². The second kappa shape index (κ2) is 7.27. The molecule has 17 heavy (non-hydrogen) atoms. The molecule has 0 aromatic heterocycles. The van der Waals surface area contributed by atoms with Crippen LogP contribution < -0.4 is 5.73 Å². The van der Waals surface area contributed by atoms with Crippen LogP contribution in [0.2, 0.25) is 0 Å². The number of nitrogens with zero attached hydrogens (tertiary/aromatic N) is 1. The molecule has 1 aromatic rings. The van der Waals surface area contributed by atoms with Crippen LogP contribution in [0.15, 0.2) is 24.3 Å². The smallest absolute Gasteiger partial charge is 0.0589 e. The number of hydrogen-bond donors (Lipinski definition) is 2. The van der Waals surface area contributed by atoms with Crippen LogP contribution >= 0.6 is 0 Å². The first-order chi connectivity index (χ1) is 8.19. The topological polar surface area (TPSA) is 58.7 Å². The molecule has 0 radical (unpaired) electrons. The Kier molecular flexibility index (Phi) is 5.97. The van der Waals surface area contributed by atoms with E-state index in [0.717, 1.165) is 17.8 Å². The van der Waals surface area contributed by atoms with Gasteiger partial charge in [-0.3, -0.25) is 4.90 Å². The lowest BCUT2D eigenvalue weighted by Crippen LogP contribution is -2.32. The molecule has 1 aromatic carbocycles. The molecule has 0 aliphatic rings. The molecule has 1 rings (SSSR count). The molecule has 0 aliphatic heterocycles. The summed E-state index contributed by atoms with van der Waals surface area (Å²) in [4.78, 5) is 2.18. The lowest BCUT2D eigenvalue weighted by Gasteiger charge is -2.28. The fourth-order valence-electron chi connectivity index (χ4n) is 1.87. The highest BCUT2D eigenvalue weighted by molar-refractivity contribution is 5.41. The second-order valence-electron chi connectivity index (χ2n) is 4.10. The van der Waals surface area contributed by atoms with Crippen molar-refractivity contribution in [2.75, 3.05) is 39.1 Å². The number of anilines is 1. The van der Waals surface area contributed by atoms with Crippen molar-refractivity contribution in [3.8, 4) is 0 Å². The number of methoxy groups -OCH3 is 1. The number of benzene rings is 1. The Morgan fingerprint density at radius 2 is 2.18 bits per heavy atom. The van der Waals surface area contributed by atoms with E-state index in [2.05, 4.69) is 17.9 Å². The van der Waals surface area contributed by atoms with E-state index >= 15 is 0 Å². The number of aliphatic hydroxyl groups is 1. The Bertz CT molecular complexity index is 331. The molecule has 0 saturated heterocycles. The van der Waals surface area contributed by atoms with E-state index < -0.39 is 0 Å². The van der Waals surface area contributed by atoms with Crippen molar-refractivity contribution in [3.05, 3.63) is 29.8 Å². The van der Waals surface area contributed by atoms with E-state index in [9.17, 15) is 0 Å². The lowest BCUT2D eigenvalue weighted by atomic mass is 10.1. The number of ether oxygens (including phenoxy) is 1. The molecule has 96 valence electrons.